The molecule has 0 radical (unpaired) electrons. The van der Waals surface area contributed by atoms with Gasteiger partial charge in [-0.25, -0.2) is 0 Å². The van der Waals surface area contributed by atoms with Crippen LogP contribution in [-0.4, -0.2) is 23.0 Å². The van der Waals surface area contributed by atoms with E-state index in [0.717, 1.165) is 25.0 Å². The number of hydrogen-bond acceptors (Lipinski definition) is 3. The van der Waals surface area contributed by atoms with E-state index in [1.54, 1.807) is 18.3 Å². The molecule has 1 saturated carbocycles. The van der Waals surface area contributed by atoms with Crippen LogP contribution in [0.1, 0.15) is 41.7 Å². The van der Waals surface area contributed by atoms with Crippen LogP contribution >= 0.6 is 0 Å². The Bertz CT molecular complexity index is 405. The number of amides is 1. The summed E-state index contributed by atoms with van der Waals surface area (Å²) in [6.07, 6.45) is 5.98. The van der Waals surface area contributed by atoms with Gasteiger partial charge in [-0.1, -0.05) is 12.8 Å². The Labute approximate surface area is 102 Å². The van der Waals surface area contributed by atoms with Gasteiger partial charge in [-0.2, -0.15) is 0 Å². The zero-order valence-corrected chi connectivity index (χ0v) is 10.1. The molecule has 1 aromatic heterocycles. The zero-order chi connectivity index (χ0) is 12.3. The third kappa shape index (κ3) is 2.82. The van der Waals surface area contributed by atoms with Crippen LogP contribution in [-0.2, 0) is 0 Å². The highest BCUT2D eigenvalue weighted by atomic mass is 16.1. The van der Waals surface area contributed by atoms with Crippen molar-refractivity contribution in [3.8, 4) is 0 Å². The Morgan fingerprint density at radius 2 is 2.24 bits per heavy atom. The van der Waals surface area contributed by atoms with Crippen molar-refractivity contribution < 1.29 is 4.79 Å². The summed E-state index contributed by atoms with van der Waals surface area (Å²) in [5.74, 6) is -0.0575. The zero-order valence-electron chi connectivity index (χ0n) is 10.1. The number of carbonyl (C=O) groups excluding carboxylic acids is 1. The topological polar surface area (TPSA) is 68.0 Å². The molecule has 92 valence electrons. The van der Waals surface area contributed by atoms with E-state index in [9.17, 15) is 4.79 Å². The van der Waals surface area contributed by atoms with E-state index in [1.165, 1.54) is 6.42 Å². The number of nitrogens with two attached hydrogens (primary N) is 1. The SMILES string of the molecule is Cc1ncccc1C(=O)NC1CCCCC1N. The van der Waals surface area contributed by atoms with E-state index in [0.29, 0.717) is 5.56 Å². The normalized spacial score (nSPS) is 24.4. The highest BCUT2D eigenvalue weighted by Gasteiger charge is 2.24. The molecule has 17 heavy (non-hydrogen) atoms. The van der Waals surface area contributed by atoms with Crippen molar-refractivity contribution >= 4 is 5.91 Å². The largest absolute Gasteiger partial charge is 0.348 e. The molecule has 0 aromatic carbocycles. The van der Waals surface area contributed by atoms with Crippen LogP contribution < -0.4 is 11.1 Å². The van der Waals surface area contributed by atoms with Gasteiger partial charge in [-0.3, -0.25) is 9.78 Å². The van der Waals surface area contributed by atoms with Gasteiger partial charge in [0.1, 0.15) is 0 Å². The minimum absolute atomic E-state index is 0.0575. The molecule has 1 heterocycles. The van der Waals surface area contributed by atoms with E-state index in [1.807, 2.05) is 6.92 Å². The Hall–Kier alpha value is -1.42. The number of carbonyl (C=O) groups is 1. The molecule has 1 aromatic rings. The van der Waals surface area contributed by atoms with Crippen molar-refractivity contribution in [2.75, 3.05) is 0 Å². The monoisotopic (exact) mass is 233 g/mol. The molecule has 4 nitrogen and oxygen atoms in total. The number of nitrogens with one attached hydrogen (secondary N) is 1. The highest BCUT2D eigenvalue weighted by molar-refractivity contribution is 5.95. The number of nitrogens with zero attached hydrogens (tertiary/aromatic N) is 1. The fraction of sp³-hybridized carbons (Fsp3) is 0.538. The number of aromatic nitrogens is 1. The molecule has 0 spiro atoms. The quantitative estimate of drug-likeness (QED) is 0.811. The second kappa shape index (κ2) is 5.27. The molecule has 2 unspecified atom stereocenters. The van der Waals surface area contributed by atoms with Gasteiger partial charge in [-0.05, 0) is 31.9 Å². The first-order valence-electron chi connectivity index (χ1n) is 6.16. The fourth-order valence-corrected chi connectivity index (χ4v) is 2.31. The second-order valence-corrected chi connectivity index (χ2v) is 4.66. The smallest absolute Gasteiger partial charge is 0.253 e. The van der Waals surface area contributed by atoms with Gasteiger partial charge in [0.15, 0.2) is 0 Å². The van der Waals surface area contributed by atoms with Crippen molar-refractivity contribution in [1.29, 1.82) is 0 Å². The molecule has 1 amide bonds. The molecule has 0 bridgehead atoms. The molecule has 1 fully saturated rings. The highest BCUT2D eigenvalue weighted by Crippen LogP contribution is 2.17. The maximum absolute atomic E-state index is 12.1. The first kappa shape index (κ1) is 12.0. The van der Waals surface area contributed by atoms with Gasteiger partial charge in [0, 0.05) is 24.0 Å². The third-order valence-electron chi connectivity index (χ3n) is 3.39. The molecule has 2 atom stereocenters. The Morgan fingerprint density at radius 3 is 2.94 bits per heavy atom. The predicted octanol–water partition coefficient (Wildman–Crippen LogP) is 1.39. The number of aryl methyl sites for hydroxylation is 1. The summed E-state index contributed by atoms with van der Waals surface area (Å²) in [6.45, 7) is 1.84. The second-order valence-electron chi connectivity index (χ2n) is 4.66. The first-order chi connectivity index (χ1) is 8.18. The average Bonchev–Trinajstić information content (AvgIpc) is 2.32. The summed E-state index contributed by atoms with van der Waals surface area (Å²) in [6, 6.07) is 3.77. The lowest BCUT2D eigenvalue weighted by Gasteiger charge is -2.29. The summed E-state index contributed by atoms with van der Waals surface area (Å²) < 4.78 is 0. The van der Waals surface area contributed by atoms with Crippen LogP contribution in [0, 0.1) is 6.92 Å². The number of hydrogen-bond donors (Lipinski definition) is 2. The summed E-state index contributed by atoms with van der Waals surface area (Å²) in [5, 5.41) is 3.02. The predicted molar refractivity (Wildman–Crippen MR) is 66.7 cm³/mol. The summed E-state index contributed by atoms with van der Waals surface area (Å²) in [4.78, 5) is 16.2. The van der Waals surface area contributed by atoms with E-state index < -0.39 is 0 Å². The minimum atomic E-state index is -0.0575. The Balaban J connectivity index is 2.04. The van der Waals surface area contributed by atoms with Gasteiger partial charge in [0.05, 0.1) is 5.56 Å². The van der Waals surface area contributed by atoms with E-state index in [-0.39, 0.29) is 18.0 Å². The minimum Gasteiger partial charge on any atom is -0.348 e. The van der Waals surface area contributed by atoms with Crippen LogP contribution in [0.5, 0.6) is 0 Å². The standard InChI is InChI=1S/C13H19N3O/c1-9-10(5-4-8-15-9)13(17)16-12-7-3-2-6-11(12)14/h4-5,8,11-12H,2-3,6-7,14H2,1H3,(H,16,17). The molecule has 3 N–H and O–H groups in total. The van der Waals surface area contributed by atoms with Gasteiger partial charge < -0.3 is 11.1 Å². The molecule has 0 saturated heterocycles. The van der Waals surface area contributed by atoms with Crippen LogP contribution in [0.4, 0.5) is 0 Å². The molecule has 2 rings (SSSR count). The third-order valence-corrected chi connectivity index (χ3v) is 3.39. The Kier molecular flexibility index (Phi) is 3.74. The van der Waals surface area contributed by atoms with Crippen molar-refractivity contribution in [3.05, 3.63) is 29.6 Å². The van der Waals surface area contributed by atoms with Gasteiger partial charge in [0.25, 0.3) is 5.91 Å². The lowest BCUT2D eigenvalue weighted by molar-refractivity contribution is 0.0920. The van der Waals surface area contributed by atoms with Crippen molar-refractivity contribution in [3.63, 3.8) is 0 Å². The molecule has 1 aliphatic rings. The maximum Gasteiger partial charge on any atom is 0.253 e. The summed E-state index contributed by atoms with van der Waals surface area (Å²) in [5.41, 5.74) is 7.42. The van der Waals surface area contributed by atoms with Crippen LogP contribution in [0.2, 0.25) is 0 Å². The molecule has 4 heteroatoms. The van der Waals surface area contributed by atoms with Crippen molar-refractivity contribution in [2.24, 2.45) is 5.73 Å². The molecule has 1 aliphatic carbocycles. The molecular formula is C13H19N3O. The van der Waals surface area contributed by atoms with E-state index >= 15 is 0 Å². The molecular weight excluding hydrogens is 214 g/mol. The van der Waals surface area contributed by atoms with Crippen LogP contribution in [0.3, 0.4) is 0 Å². The van der Waals surface area contributed by atoms with Gasteiger partial charge in [-0.15, -0.1) is 0 Å². The van der Waals surface area contributed by atoms with Crippen molar-refractivity contribution in [2.45, 2.75) is 44.7 Å². The molecule has 0 aliphatic heterocycles. The fourth-order valence-electron chi connectivity index (χ4n) is 2.31. The average molecular weight is 233 g/mol. The van der Waals surface area contributed by atoms with Crippen LogP contribution in [0.15, 0.2) is 18.3 Å². The van der Waals surface area contributed by atoms with E-state index in [4.69, 9.17) is 5.73 Å². The number of pyridine rings is 1. The Morgan fingerprint density at radius 1 is 1.47 bits per heavy atom. The van der Waals surface area contributed by atoms with Crippen LogP contribution in [0.25, 0.3) is 0 Å². The summed E-state index contributed by atoms with van der Waals surface area (Å²) >= 11 is 0. The lowest BCUT2D eigenvalue weighted by atomic mass is 9.91. The van der Waals surface area contributed by atoms with Gasteiger partial charge in [0.2, 0.25) is 0 Å². The first-order valence-corrected chi connectivity index (χ1v) is 6.16. The summed E-state index contributed by atoms with van der Waals surface area (Å²) in [7, 11) is 0. The van der Waals surface area contributed by atoms with Crippen molar-refractivity contribution in [1.82, 2.24) is 10.3 Å². The lowest BCUT2D eigenvalue weighted by Crippen LogP contribution is -2.49. The van der Waals surface area contributed by atoms with E-state index in [2.05, 4.69) is 10.3 Å². The van der Waals surface area contributed by atoms with Gasteiger partial charge >= 0.3 is 0 Å². The number of rotatable bonds is 2. The maximum atomic E-state index is 12.1.